The number of carbonyl (C=O) groups is 2. The molecule has 0 amide bonds. The molecule has 0 aromatic heterocycles. The van der Waals surface area contributed by atoms with Gasteiger partial charge in [-0.2, -0.15) is 0 Å². The Morgan fingerprint density at radius 3 is 0.381 bits per heavy atom. The summed E-state index contributed by atoms with van der Waals surface area (Å²) < 4.78 is 3.86. The Balaban J connectivity index is 0.000000154. The molecule has 0 saturated heterocycles. The average molecular weight is 1260 g/mol. The van der Waals surface area contributed by atoms with E-state index in [4.69, 9.17) is 0 Å². The van der Waals surface area contributed by atoms with Gasteiger partial charge in [-0.05, 0) is 146 Å². The Labute approximate surface area is 516 Å². The summed E-state index contributed by atoms with van der Waals surface area (Å²) in [5, 5.41) is 17.2. The van der Waals surface area contributed by atoms with Gasteiger partial charge in [0.15, 0.2) is 5.97 Å². The van der Waals surface area contributed by atoms with Crippen molar-refractivity contribution < 1.29 is 34.7 Å². The Kier molecular flexibility index (Phi) is 27.2. The zero-order chi connectivity index (χ0) is 57.5. The van der Waals surface area contributed by atoms with Gasteiger partial charge in [-0.15, -0.1) is 0 Å². The van der Waals surface area contributed by atoms with E-state index >= 15 is 0 Å². The quantitative estimate of drug-likeness (QED) is 0.0403. The van der Waals surface area contributed by atoms with E-state index < -0.39 is 43.6 Å². The molecule has 418 valence electrons. The zero-order valence-corrected chi connectivity index (χ0v) is 52.4. The van der Waals surface area contributed by atoms with Crippen LogP contribution < -0.4 is 63.7 Å². The molecule has 0 atom stereocenters. The average Bonchev–Trinajstić information content (AvgIpc) is 3.59. The molecular formula is C76H69O3P4Pd+3. The Hall–Kier alpha value is -7.97. The van der Waals surface area contributed by atoms with Gasteiger partial charge in [0, 0.05) is 27.3 Å². The van der Waals surface area contributed by atoms with E-state index in [1.807, 2.05) is 0 Å². The Morgan fingerprint density at radius 2 is 0.321 bits per heavy atom. The van der Waals surface area contributed by atoms with Crippen LogP contribution in [0.1, 0.15) is 6.92 Å². The predicted octanol–water partition coefficient (Wildman–Crippen LogP) is 12.6. The molecule has 84 heavy (non-hydrogen) atoms. The molecule has 0 fully saturated rings. The van der Waals surface area contributed by atoms with Crippen molar-refractivity contribution in [2.45, 2.75) is 6.92 Å². The van der Waals surface area contributed by atoms with Crippen LogP contribution in [-0.2, 0) is 34.7 Å². The maximum atomic E-state index is 9.77. The Morgan fingerprint density at radius 1 is 0.226 bits per heavy atom. The van der Waals surface area contributed by atoms with Crippen molar-refractivity contribution in [2.75, 3.05) is 0 Å². The van der Waals surface area contributed by atoms with Crippen LogP contribution in [0.15, 0.2) is 364 Å². The number of hydrogen-bond donors (Lipinski definition) is 0. The van der Waals surface area contributed by atoms with Gasteiger partial charge in [-0.3, -0.25) is 16.5 Å². The van der Waals surface area contributed by atoms with Gasteiger partial charge in [0.25, 0.3) is 0 Å². The second-order valence-corrected chi connectivity index (χ2v) is 28.8. The molecule has 8 heteroatoms. The third-order valence-corrected chi connectivity index (χ3v) is 23.9. The van der Waals surface area contributed by atoms with Gasteiger partial charge in [0.1, 0.15) is 63.7 Å². The van der Waals surface area contributed by atoms with E-state index in [9.17, 15) is 9.59 Å². The molecule has 0 aliphatic rings. The fourth-order valence-electron chi connectivity index (χ4n) is 9.42. The van der Waals surface area contributed by atoms with E-state index in [-0.39, 0.29) is 20.4 Å². The van der Waals surface area contributed by atoms with Crippen LogP contribution in [0.4, 0.5) is 0 Å². The Bertz CT molecular complexity index is 2820. The topological polar surface area (TPSA) is 43.4 Å². The largest absolute Gasteiger partial charge is 0.421 e. The van der Waals surface area contributed by atoms with Gasteiger partial charge in [-0.1, -0.05) is 218 Å². The van der Waals surface area contributed by atoms with Gasteiger partial charge in [0.2, 0.25) is 0 Å². The summed E-state index contributed by atoms with van der Waals surface area (Å²) >= 11 is 0. The number of ether oxygens (including phenoxy) is 1. The second kappa shape index (κ2) is 35.9. The molecule has 12 aromatic rings. The summed E-state index contributed by atoms with van der Waals surface area (Å²) in [5.74, 6) is -1.44. The van der Waals surface area contributed by atoms with Crippen LogP contribution in [0, 0.1) is 6.92 Å². The summed E-state index contributed by atoms with van der Waals surface area (Å²) in [4.78, 5) is 19.5. The van der Waals surface area contributed by atoms with Crippen LogP contribution in [-0.4, -0.2) is 11.9 Å². The molecule has 0 saturated carbocycles. The van der Waals surface area contributed by atoms with E-state index in [1.54, 1.807) is 0 Å². The predicted molar refractivity (Wildman–Crippen MR) is 368 cm³/mol. The minimum Gasteiger partial charge on any atom is -0.421 e. The first-order valence-electron chi connectivity index (χ1n) is 27.6. The maximum absolute atomic E-state index is 9.77. The van der Waals surface area contributed by atoms with Gasteiger partial charge >= 0.3 is 5.97 Å². The van der Waals surface area contributed by atoms with Gasteiger partial charge in [-0.25, -0.2) is 0 Å². The summed E-state index contributed by atoms with van der Waals surface area (Å²) in [6.07, 6.45) is 0. The van der Waals surface area contributed by atoms with Gasteiger partial charge < -0.3 is 4.74 Å². The molecule has 12 aromatic carbocycles. The van der Waals surface area contributed by atoms with E-state index in [1.165, 1.54) is 63.7 Å². The minimum atomic E-state index is -0.877. The zero-order valence-electron chi connectivity index (χ0n) is 46.9. The standard InChI is InChI=1S/4C18H15P.C4H5O3.Pd/c4*1-4-10-16(11-5-1)19(17-12-6-2-7-13-17)18-14-8-3-9-15-18;1-3(5)7-4(2)6;/h4*1-15H;1H2,2H3;/q;;;;-1;/p+4. The first-order chi connectivity index (χ1) is 40.9. The van der Waals surface area contributed by atoms with Crippen LogP contribution >= 0.6 is 31.7 Å². The normalized spacial score (nSPS) is 10.2. The first-order valence-corrected chi connectivity index (χ1v) is 33.6. The molecule has 0 bridgehead atoms. The number of carbonyl (C=O) groups excluding carboxylic acids is 2. The molecule has 12 rings (SSSR count). The van der Waals surface area contributed by atoms with Crippen LogP contribution in [0.5, 0.6) is 0 Å². The van der Waals surface area contributed by atoms with Crippen molar-refractivity contribution in [3.8, 4) is 0 Å². The minimum absolute atomic E-state index is 0. The van der Waals surface area contributed by atoms with Crippen LogP contribution in [0.3, 0.4) is 0 Å². The third-order valence-electron chi connectivity index (χ3n) is 13.0. The van der Waals surface area contributed by atoms with E-state index in [2.05, 4.69) is 376 Å². The van der Waals surface area contributed by atoms with E-state index in [0.717, 1.165) is 6.92 Å². The van der Waals surface area contributed by atoms with Crippen molar-refractivity contribution >= 4 is 107 Å². The van der Waals surface area contributed by atoms with Crippen molar-refractivity contribution in [3.63, 3.8) is 0 Å². The maximum Gasteiger partial charge on any atom is 0.308 e. The molecule has 0 aliphatic heterocycles. The second-order valence-electron chi connectivity index (χ2n) is 18.9. The monoisotopic (exact) mass is 1260 g/mol. The van der Waals surface area contributed by atoms with Crippen molar-refractivity contribution in [1.29, 1.82) is 0 Å². The summed E-state index contributed by atoms with van der Waals surface area (Å²) in [7, 11) is -3.51. The van der Waals surface area contributed by atoms with Crippen molar-refractivity contribution in [3.05, 3.63) is 371 Å². The summed E-state index contributed by atoms with van der Waals surface area (Å²) in [6.45, 7) is 3.94. The third kappa shape index (κ3) is 20.1. The first kappa shape index (κ1) is 63.6. The van der Waals surface area contributed by atoms with Crippen molar-refractivity contribution in [2.24, 2.45) is 0 Å². The molecule has 0 heterocycles. The van der Waals surface area contributed by atoms with Crippen LogP contribution in [0.25, 0.3) is 0 Å². The molecule has 0 aliphatic carbocycles. The fourth-order valence-corrected chi connectivity index (χ4v) is 19.7. The molecule has 0 spiro atoms. The molecular weight excluding hydrogens is 1190 g/mol. The fraction of sp³-hybridized carbons (Fsp3) is 0.0132. The SMILES string of the molecule is [CH2-]C(=O)OC(C)=O.[Pd].c1ccc([PH+](c2ccccc2)c2ccccc2)cc1.c1ccc([PH+](c2ccccc2)c2ccccc2)cc1.c1ccc([PH+](c2ccccc2)c2ccccc2)cc1.c1ccc([PH+](c2ccccc2)c2ccccc2)cc1. The summed E-state index contributed by atoms with van der Waals surface area (Å²) in [5.41, 5.74) is 0. The number of esters is 2. The van der Waals surface area contributed by atoms with E-state index in [0.29, 0.717) is 0 Å². The molecule has 0 radical (unpaired) electrons. The number of benzene rings is 12. The molecule has 3 nitrogen and oxygen atoms in total. The summed E-state index contributed by atoms with van der Waals surface area (Å²) in [6, 6.07) is 130. The number of rotatable bonds is 12. The number of hydrogen-bond acceptors (Lipinski definition) is 3. The van der Waals surface area contributed by atoms with Crippen LogP contribution in [0.2, 0.25) is 0 Å². The van der Waals surface area contributed by atoms with Gasteiger partial charge in [0.05, 0.1) is 31.7 Å². The molecule has 0 N–H and O–H groups in total. The van der Waals surface area contributed by atoms with Crippen molar-refractivity contribution in [1.82, 2.24) is 0 Å². The smallest absolute Gasteiger partial charge is 0.308 e. The molecule has 0 unspecified atom stereocenters.